The first-order valence-corrected chi connectivity index (χ1v) is 5.91. The van der Waals surface area contributed by atoms with E-state index < -0.39 is 5.54 Å². The summed E-state index contributed by atoms with van der Waals surface area (Å²) in [4.78, 5) is 2.29. The van der Waals surface area contributed by atoms with Gasteiger partial charge in [-0.05, 0) is 24.5 Å². The Morgan fingerprint density at radius 3 is 2.81 bits per heavy atom. The van der Waals surface area contributed by atoms with Crippen molar-refractivity contribution in [2.75, 3.05) is 24.6 Å². The Labute approximate surface area is 96.9 Å². The number of nitrogens with zero attached hydrogens (tertiary/aromatic N) is 1. The van der Waals surface area contributed by atoms with E-state index in [0.29, 0.717) is 0 Å². The fourth-order valence-electron chi connectivity index (χ4n) is 2.35. The molecule has 0 aromatic heterocycles. The minimum atomic E-state index is -0.416. The van der Waals surface area contributed by atoms with Gasteiger partial charge < -0.3 is 15.7 Å². The topological polar surface area (TPSA) is 49.5 Å². The number of rotatable bonds is 3. The molecule has 0 spiro atoms. The number of nitrogens with two attached hydrogens (primary N) is 1. The van der Waals surface area contributed by atoms with Gasteiger partial charge in [0.1, 0.15) is 0 Å². The van der Waals surface area contributed by atoms with Crippen LogP contribution >= 0.6 is 0 Å². The third-order valence-corrected chi connectivity index (χ3v) is 3.41. The maximum Gasteiger partial charge on any atom is 0.0629 e. The molecular formula is C13H20N2O. The number of aryl methyl sites for hydroxylation is 1. The van der Waals surface area contributed by atoms with Crippen molar-refractivity contribution in [1.82, 2.24) is 0 Å². The van der Waals surface area contributed by atoms with Gasteiger partial charge in [0.2, 0.25) is 0 Å². The van der Waals surface area contributed by atoms with Gasteiger partial charge >= 0.3 is 0 Å². The van der Waals surface area contributed by atoms with Gasteiger partial charge in [-0.25, -0.2) is 0 Å². The second kappa shape index (κ2) is 4.44. The minimum Gasteiger partial charge on any atom is -0.394 e. The molecule has 2 rings (SSSR count). The van der Waals surface area contributed by atoms with Crippen molar-refractivity contribution in [2.24, 2.45) is 5.73 Å². The Morgan fingerprint density at radius 1 is 1.44 bits per heavy atom. The highest BCUT2D eigenvalue weighted by molar-refractivity contribution is 5.55. The van der Waals surface area contributed by atoms with Crippen molar-refractivity contribution in [3.05, 3.63) is 29.8 Å². The monoisotopic (exact) mass is 220 g/mol. The summed E-state index contributed by atoms with van der Waals surface area (Å²) in [5, 5.41) is 9.26. The number of anilines is 1. The Bertz CT molecular complexity index is 367. The van der Waals surface area contributed by atoms with Crippen LogP contribution in [0.25, 0.3) is 0 Å². The van der Waals surface area contributed by atoms with Gasteiger partial charge in [0, 0.05) is 18.8 Å². The van der Waals surface area contributed by atoms with Gasteiger partial charge in [-0.15, -0.1) is 0 Å². The zero-order valence-electron chi connectivity index (χ0n) is 9.82. The van der Waals surface area contributed by atoms with E-state index in [1.165, 1.54) is 11.3 Å². The first-order valence-electron chi connectivity index (χ1n) is 5.91. The van der Waals surface area contributed by atoms with Crippen molar-refractivity contribution >= 4 is 5.69 Å². The van der Waals surface area contributed by atoms with E-state index in [1.54, 1.807) is 0 Å². The van der Waals surface area contributed by atoms with Gasteiger partial charge in [0.15, 0.2) is 0 Å². The molecule has 3 N–H and O–H groups in total. The molecule has 0 amide bonds. The molecule has 3 nitrogen and oxygen atoms in total. The third kappa shape index (κ3) is 2.06. The summed E-state index contributed by atoms with van der Waals surface area (Å²) >= 11 is 0. The highest BCUT2D eigenvalue weighted by Crippen LogP contribution is 2.28. The van der Waals surface area contributed by atoms with Gasteiger partial charge in [-0.3, -0.25) is 0 Å². The van der Waals surface area contributed by atoms with Crippen LogP contribution in [0.1, 0.15) is 18.9 Å². The van der Waals surface area contributed by atoms with E-state index in [1.807, 2.05) is 0 Å². The third-order valence-electron chi connectivity index (χ3n) is 3.41. The van der Waals surface area contributed by atoms with E-state index in [-0.39, 0.29) is 6.61 Å². The smallest absolute Gasteiger partial charge is 0.0629 e. The molecule has 3 heteroatoms. The first-order chi connectivity index (χ1) is 7.68. The van der Waals surface area contributed by atoms with Gasteiger partial charge in [-0.2, -0.15) is 0 Å². The molecule has 1 aliphatic heterocycles. The van der Waals surface area contributed by atoms with E-state index in [0.717, 1.165) is 25.9 Å². The number of hydrogen-bond acceptors (Lipinski definition) is 3. The van der Waals surface area contributed by atoms with Crippen LogP contribution in [0.2, 0.25) is 0 Å². The number of benzene rings is 1. The second-order valence-corrected chi connectivity index (χ2v) is 4.67. The molecule has 1 heterocycles. The highest BCUT2D eigenvalue weighted by Gasteiger charge is 2.34. The second-order valence-electron chi connectivity index (χ2n) is 4.67. The molecule has 1 aliphatic rings. The van der Waals surface area contributed by atoms with Crippen molar-refractivity contribution < 1.29 is 5.11 Å². The van der Waals surface area contributed by atoms with Gasteiger partial charge in [0.05, 0.1) is 12.1 Å². The molecule has 1 aromatic rings. The summed E-state index contributed by atoms with van der Waals surface area (Å²) in [6.45, 7) is 3.92. The summed E-state index contributed by atoms with van der Waals surface area (Å²) in [5.41, 5.74) is 8.29. The van der Waals surface area contributed by atoms with E-state index >= 15 is 0 Å². The van der Waals surface area contributed by atoms with Gasteiger partial charge in [0.25, 0.3) is 0 Å². The van der Waals surface area contributed by atoms with Crippen LogP contribution < -0.4 is 10.6 Å². The fraction of sp³-hybridized carbons (Fsp3) is 0.538. The van der Waals surface area contributed by atoms with Crippen molar-refractivity contribution in [3.63, 3.8) is 0 Å². The highest BCUT2D eigenvalue weighted by atomic mass is 16.3. The molecule has 0 bridgehead atoms. The summed E-state index contributed by atoms with van der Waals surface area (Å²) in [7, 11) is 0. The molecule has 16 heavy (non-hydrogen) atoms. The Morgan fingerprint density at radius 2 is 2.19 bits per heavy atom. The van der Waals surface area contributed by atoms with Crippen molar-refractivity contribution in [1.29, 1.82) is 0 Å². The van der Waals surface area contributed by atoms with Crippen molar-refractivity contribution in [2.45, 2.75) is 25.3 Å². The quantitative estimate of drug-likeness (QED) is 0.803. The first kappa shape index (κ1) is 11.4. The SMILES string of the molecule is CCc1ccccc1N1CCC(N)(CO)C1. The molecule has 1 aromatic carbocycles. The molecule has 0 radical (unpaired) electrons. The molecule has 0 saturated carbocycles. The number of hydrogen-bond donors (Lipinski definition) is 2. The minimum absolute atomic E-state index is 0.0673. The summed E-state index contributed by atoms with van der Waals surface area (Å²) in [5.74, 6) is 0. The molecule has 1 atom stereocenters. The van der Waals surface area contributed by atoms with Crippen LogP contribution in [0.5, 0.6) is 0 Å². The predicted octanol–water partition coefficient (Wildman–Crippen LogP) is 1.15. The van der Waals surface area contributed by atoms with Crippen LogP contribution in [0.4, 0.5) is 5.69 Å². The van der Waals surface area contributed by atoms with E-state index in [9.17, 15) is 5.11 Å². The van der Waals surface area contributed by atoms with Crippen LogP contribution in [0.3, 0.4) is 0 Å². The maximum atomic E-state index is 9.26. The summed E-state index contributed by atoms with van der Waals surface area (Å²) in [6, 6.07) is 8.43. The molecule has 1 unspecified atom stereocenters. The predicted molar refractivity (Wildman–Crippen MR) is 66.7 cm³/mol. The molecule has 1 fully saturated rings. The molecule has 1 saturated heterocycles. The summed E-state index contributed by atoms with van der Waals surface area (Å²) in [6.07, 6.45) is 1.89. The Hall–Kier alpha value is -1.06. The Kier molecular flexibility index (Phi) is 3.17. The van der Waals surface area contributed by atoms with Gasteiger partial charge in [-0.1, -0.05) is 25.1 Å². The van der Waals surface area contributed by atoms with Crippen LogP contribution in [0, 0.1) is 0 Å². The molecular weight excluding hydrogens is 200 g/mol. The van der Waals surface area contributed by atoms with Crippen molar-refractivity contribution in [3.8, 4) is 0 Å². The van der Waals surface area contributed by atoms with E-state index in [4.69, 9.17) is 5.73 Å². The lowest BCUT2D eigenvalue weighted by molar-refractivity contribution is 0.210. The molecule has 0 aliphatic carbocycles. The normalized spacial score (nSPS) is 25.1. The largest absolute Gasteiger partial charge is 0.394 e. The fourth-order valence-corrected chi connectivity index (χ4v) is 2.35. The zero-order valence-corrected chi connectivity index (χ0v) is 9.82. The number of aliphatic hydroxyl groups excluding tert-OH is 1. The lowest BCUT2D eigenvalue weighted by atomic mass is 10.0. The van der Waals surface area contributed by atoms with Crippen LogP contribution in [0.15, 0.2) is 24.3 Å². The van der Waals surface area contributed by atoms with E-state index in [2.05, 4.69) is 36.1 Å². The number of para-hydroxylation sites is 1. The Balaban J connectivity index is 2.20. The zero-order chi connectivity index (χ0) is 11.6. The standard InChI is InChI=1S/C13H20N2O/c1-2-11-5-3-4-6-12(11)15-8-7-13(14,9-15)10-16/h3-6,16H,2,7-10,14H2,1H3. The van der Waals surface area contributed by atoms with Crippen LogP contribution in [-0.4, -0.2) is 30.3 Å². The van der Waals surface area contributed by atoms with Crippen LogP contribution in [-0.2, 0) is 6.42 Å². The lowest BCUT2D eigenvalue weighted by Gasteiger charge is -2.25. The molecule has 88 valence electrons. The average Bonchev–Trinajstić information content (AvgIpc) is 2.73. The lowest BCUT2D eigenvalue weighted by Crippen LogP contribution is -2.46. The average molecular weight is 220 g/mol. The maximum absolute atomic E-state index is 9.26. The number of aliphatic hydroxyl groups is 1. The summed E-state index contributed by atoms with van der Waals surface area (Å²) < 4.78 is 0.